The van der Waals surface area contributed by atoms with Gasteiger partial charge in [0.2, 0.25) is 5.91 Å². The highest BCUT2D eigenvalue weighted by atomic mass is 16.6. The van der Waals surface area contributed by atoms with E-state index in [1.165, 1.54) is 12.1 Å². The van der Waals surface area contributed by atoms with Crippen LogP contribution in [0.3, 0.4) is 0 Å². The molecule has 0 heterocycles. The molecule has 8 nitrogen and oxygen atoms in total. The highest BCUT2D eigenvalue weighted by Gasteiger charge is 2.20. The number of urea groups is 1. The minimum atomic E-state index is -0.567. The number of benzene rings is 1. The number of non-ortho nitro benzene ring substituents is 1. The third-order valence-electron chi connectivity index (χ3n) is 3.07. The SMILES string of the molecule is CCCNC(=O)N(CCc1ccc([N+](=O)[O-])cc1)C(=O)CC#N. The molecule has 0 spiro atoms. The van der Waals surface area contributed by atoms with Crippen molar-refractivity contribution in [1.82, 2.24) is 10.2 Å². The first-order chi connectivity index (χ1) is 11.0. The molecular formula is C15H18N4O4. The van der Waals surface area contributed by atoms with Crippen molar-refractivity contribution in [1.29, 1.82) is 5.26 Å². The Hall–Kier alpha value is -2.95. The topological polar surface area (TPSA) is 116 Å². The van der Waals surface area contributed by atoms with Gasteiger partial charge >= 0.3 is 6.03 Å². The lowest BCUT2D eigenvalue weighted by molar-refractivity contribution is -0.384. The van der Waals surface area contributed by atoms with Crippen LogP contribution in [0, 0.1) is 21.4 Å². The van der Waals surface area contributed by atoms with Crippen LogP contribution >= 0.6 is 0 Å². The minimum absolute atomic E-state index is 0.0214. The quantitative estimate of drug-likeness (QED) is 0.609. The second-order valence-corrected chi connectivity index (χ2v) is 4.79. The average Bonchev–Trinajstić information content (AvgIpc) is 2.53. The zero-order valence-corrected chi connectivity index (χ0v) is 12.8. The molecule has 3 amide bonds. The van der Waals surface area contributed by atoms with Gasteiger partial charge in [-0.2, -0.15) is 5.26 Å². The van der Waals surface area contributed by atoms with Crippen molar-refractivity contribution in [2.24, 2.45) is 0 Å². The molecule has 8 heteroatoms. The number of nitrogens with one attached hydrogen (secondary N) is 1. The maximum absolute atomic E-state index is 12.0. The van der Waals surface area contributed by atoms with E-state index in [1.807, 2.05) is 6.92 Å². The fraction of sp³-hybridized carbons (Fsp3) is 0.400. The van der Waals surface area contributed by atoms with Gasteiger partial charge in [-0.05, 0) is 18.4 Å². The average molecular weight is 318 g/mol. The summed E-state index contributed by atoms with van der Waals surface area (Å²) in [6.45, 7) is 2.43. The van der Waals surface area contributed by atoms with Gasteiger partial charge in [-0.25, -0.2) is 4.79 Å². The van der Waals surface area contributed by atoms with Crippen molar-refractivity contribution in [3.63, 3.8) is 0 Å². The lowest BCUT2D eigenvalue weighted by Gasteiger charge is -2.20. The van der Waals surface area contributed by atoms with Gasteiger partial charge < -0.3 is 5.32 Å². The van der Waals surface area contributed by atoms with Gasteiger partial charge in [-0.1, -0.05) is 19.1 Å². The smallest absolute Gasteiger partial charge is 0.324 e. The van der Waals surface area contributed by atoms with Gasteiger partial charge in [0, 0.05) is 25.2 Å². The Kier molecular flexibility index (Phi) is 7.20. The van der Waals surface area contributed by atoms with Crippen LogP contribution in [-0.4, -0.2) is 34.9 Å². The molecule has 0 unspecified atom stereocenters. The number of hydrogen-bond donors (Lipinski definition) is 1. The van der Waals surface area contributed by atoms with E-state index in [2.05, 4.69) is 5.32 Å². The molecule has 0 fully saturated rings. The number of carbonyl (C=O) groups excluding carboxylic acids is 2. The summed E-state index contributed by atoms with van der Waals surface area (Å²) in [5.74, 6) is -0.567. The van der Waals surface area contributed by atoms with Crippen molar-refractivity contribution in [3.05, 3.63) is 39.9 Å². The first-order valence-corrected chi connectivity index (χ1v) is 7.18. The molecule has 1 rings (SSSR count). The lowest BCUT2D eigenvalue weighted by atomic mass is 10.1. The Bertz CT molecular complexity index is 607. The van der Waals surface area contributed by atoms with Gasteiger partial charge in [0.05, 0.1) is 11.0 Å². The van der Waals surface area contributed by atoms with Crippen LogP contribution in [0.1, 0.15) is 25.3 Å². The number of rotatable bonds is 7. The van der Waals surface area contributed by atoms with Crippen molar-refractivity contribution >= 4 is 17.6 Å². The first kappa shape index (κ1) is 18.1. The van der Waals surface area contributed by atoms with E-state index in [9.17, 15) is 19.7 Å². The maximum atomic E-state index is 12.0. The third-order valence-corrected chi connectivity index (χ3v) is 3.07. The molecule has 0 aliphatic heterocycles. The summed E-state index contributed by atoms with van der Waals surface area (Å²) in [5, 5.41) is 21.8. The molecule has 1 aromatic rings. The highest BCUT2D eigenvalue weighted by Crippen LogP contribution is 2.12. The molecule has 0 radical (unpaired) electrons. The van der Waals surface area contributed by atoms with Crippen molar-refractivity contribution in [2.45, 2.75) is 26.2 Å². The summed E-state index contributed by atoms with van der Waals surface area (Å²) in [5.41, 5.74) is 0.737. The Balaban J connectivity index is 2.72. The van der Waals surface area contributed by atoms with Gasteiger partial charge in [0.25, 0.3) is 5.69 Å². The monoisotopic (exact) mass is 318 g/mol. The van der Waals surface area contributed by atoms with E-state index in [-0.39, 0.29) is 18.7 Å². The second-order valence-electron chi connectivity index (χ2n) is 4.79. The van der Waals surface area contributed by atoms with Crippen LogP contribution in [-0.2, 0) is 11.2 Å². The molecule has 1 N–H and O–H groups in total. The first-order valence-electron chi connectivity index (χ1n) is 7.18. The Morgan fingerprint density at radius 2 is 2.00 bits per heavy atom. The van der Waals surface area contributed by atoms with Gasteiger partial charge in [0.15, 0.2) is 0 Å². The largest absolute Gasteiger partial charge is 0.338 e. The molecule has 0 atom stereocenters. The predicted octanol–water partition coefficient (Wildman–Crippen LogP) is 2.00. The summed E-state index contributed by atoms with van der Waals surface area (Å²) < 4.78 is 0. The van der Waals surface area contributed by atoms with Crippen LogP contribution in [0.4, 0.5) is 10.5 Å². The van der Waals surface area contributed by atoms with Gasteiger partial charge in [-0.3, -0.25) is 19.8 Å². The fourth-order valence-electron chi connectivity index (χ4n) is 1.86. The molecule has 0 aliphatic carbocycles. The van der Waals surface area contributed by atoms with E-state index < -0.39 is 16.9 Å². The van der Waals surface area contributed by atoms with E-state index in [4.69, 9.17) is 5.26 Å². The molecule has 122 valence electrons. The Labute approximate surface area is 133 Å². The van der Waals surface area contributed by atoms with Gasteiger partial charge in [-0.15, -0.1) is 0 Å². The highest BCUT2D eigenvalue weighted by molar-refractivity contribution is 5.95. The number of nitro groups is 1. The maximum Gasteiger partial charge on any atom is 0.324 e. The fourth-order valence-corrected chi connectivity index (χ4v) is 1.86. The Morgan fingerprint density at radius 3 is 2.52 bits per heavy atom. The molecule has 23 heavy (non-hydrogen) atoms. The number of nitriles is 1. The third kappa shape index (κ3) is 5.74. The normalized spacial score (nSPS) is 9.74. The van der Waals surface area contributed by atoms with E-state index in [0.717, 1.165) is 16.9 Å². The number of nitrogens with zero attached hydrogens (tertiary/aromatic N) is 3. The number of imide groups is 1. The van der Waals surface area contributed by atoms with Crippen LogP contribution in [0.15, 0.2) is 24.3 Å². The summed E-state index contributed by atoms with van der Waals surface area (Å²) in [4.78, 5) is 34.9. The number of hydrogen-bond acceptors (Lipinski definition) is 5. The summed E-state index contributed by atoms with van der Waals surface area (Å²) in [6, 6.07) is 7.09. The Morgan fingerprint density at radius 1 is 1.35 bits per heavy atom. The molecule has 0 saturated carbocycles. The summed E-state index contributed by atoms with van der Waals surface area (Å²) in [7, 11) is 0. The summed E-state index contributed by atoms with van der Waals surface area (Å²) in [6.07, 6.45) is 0.711. The van der Waals surface area contributed by atoms with Crippen molar-refractivity contribution < 1.29 is 14.5 Å². The molecule has 0 aliphatic rings. The molecule has 0 bridgehead atoms. The lowest BCUT2D eigenvalue weighted by Crippen LogP contribution is -2.44. The van der Waals surface area contributed by atoms with Crippen molar-refractivity contribution in [2.75, 3.05) is 13.1 Å². The van der Waals surface area contributed by atoms with Crippen LogP contribution in [0.5, 0.6) is 0 Å². The van der Waals surface area contributed by atoms with Crippen LogP contribution in [0.2, 0.25) is 0 Å². The van der Waals surface area contributed by atoms with E-state index in [1.54, 1.807) is 18.2 Å². The minimum Gasteiger partial charge on any atom is -0.338 e. The van der Waals surface area contributed by atoms with Gasteiger partial charge in [0.1, 0.15) is 6.42 Å². The van der Waals surface area contributed by atoms with E-state index in [0.29, 0.717) is 13.0 Å². The molecule has 0 aromatic heterocycles. The zero-order chi connectivity index (χ0) is 17.2. The van der Waals surface area contributed by atoms with E-state index >= 15 is 0 Å². The van der Waals surface area contributed by atoms with Crippen LogP contribution in [0.25, 0.3) is 0 Å². The predicted molar refractivity (Wildman–Crippen MR) is 82.4 cm³/mol. The molecule has 1 aromatic carbocycles. The van der Waals surface area contributed by atoms with Crippen LogP contribution < -0.4 is 5.32 Å². The number of amides is 3. The summed E-state index contributed by atoms with van der Waals surface area (Å²) >= 11 is 0. The number of carbonyl (C=O) groups is 2. The molecule has 0 saturated heterocycles. The molecular weight excluding hydrogens is 300 g/mol. The second kappa shape index (κ2) is 9.15. The standard InChI is InChI=1S/C15H18N4O4/c1-2-10-17-15(21)18(14(20)7-9-16)11-8-12-3-5-13(6-4-12)19(22)23/h3-6H,2,7-8,10-11H2,1H3,(H,17,21). The zero-order valence-electron chi connectivity index (χ0n) is 12.8. The number of nitro benzene ring substituents is 1. The van der Waals surface area contributed by atoms with Crippen molar-refractivity contribution in [3.8, 4) is 6.07 Å².